The standard InChI is InChI=1S/C23H19N3O3/c1-29-22-11-12-23(26(27)28)19(14-22)8-10-21-15-20(24-25-21)9-6-16-5-7-17-3-2-4-18(17)13-16/h2-3,5-15H,4H2,1H3,(H,24,25)/b9-6+,10-8+. The van der Waals surface area contributed by atoms with E-state index in [0.29, 0.717) is 11.3 Å². The normalized spacial score (nSPS) is 12.7. The number of nitrogens with one attached hydrogen (secondary N) is 1. The maximum atomic E-state index is 11.2. The minimum Gasteiger partial charge on any atom is -0.497 e. The molecule has 0 atom stereocenters. The average Bonchev–Trinajstić information content (AvgIpc) is 3.39. The van der Waals surface area contributed by atoms with Crippen molar-refractivity contribution in [3.05, 3.63) is 92.3 Å². The zero-order valence-electron chi connectivity index (χ0n) is 15.8. The van der Waals surface area contributed by atoms with Crippen LogP contribution < -0.4 is 4.74 Å². The van der Waals surface area contributed by atoms with Crippen molar-refractivity contribution in [3.8, 4) is 5.75 Å². The molecule has 29 heavy (non-hydrogen) atoms. The van der Waals surface area contributed by atoms with E-state index in [-0.39, 0.29) is 5.69 Å². The lowest BCUT2D eigenvalue weighted by molar-refractivity contribution is -0.385. The topological polar surface area (TPSA) is 81.1 Å². The number of nitrogens with zero attached hydrogens (tertiary/aromatic N) is 2. The van der Waals surface area contributed by atoms with Gasteiger partial charge in [0, 0.05) is 6.07 Å². The molecule has 6 heteroatoms. The first-order chi connectivity index (χ1) is 14.1. The molecule has 6 nitrogen and oxygen atoms in total. The molecule has 3 aromatic rings. The van der Waals surface area contributed by atoms with Gasteiger partial charge in [-0.15, -0.1) is 0 Å². The van der Waals surface area contributed by atoms with Crippen LogP contribution in [-0.2, 0) is 6.42 Å². The number of benzene rings is 2. The van der Waals surface area contributed by atoms with Crippen molar-refractivity contribution in [1.29, 1.82) is 0 Å². The van der Waals surface area contributed by atoms with Gasteiger partial charge < -0.3 is 4.74 Å². The van der Waals surface area contributed by atoms with Crippen molar-refractivity contribution in [2.75, 3.05) is 7.11 Å². The Morgan fingerprint density at radius 3 is 2.83 bits per heavy atom. The first-order valence-corrected chi connectivity index (χ1v) is 9.16. The number of rotatable bonds is 6. The van der Waals surface area contributed by atoms with Crippen molar-refractivity contribution in [1.82, 2.24) is 10.2 Å². The molecule has 1 aliphatic rings. The average molecular weight is 385 g/mol. The van der Waals surface area contributed by atoms with E-state index in [9.17, 15) is 10.1 Å². The zero-order chi connectivity index (χ0) is 20.2. The van der Waals surface area contributed by atoms with E-state index in [4.69, 9.17) is 4.74 Å². The second-order valence-electron chi connectivity index (χ2n) is 6.66. The lowest BCUT2D eigenvalue weighted by atomic mass is 10.1. The molecule has 1 aliphatic carbocycles. The first-order valence-electron chi connectivity index (χ1n) is 9.16. The highest BCUT2D eigenvalue weighted by Crippen LogP contribution is 2.26. The Morgan fingerprint density at radius 2 is 2.00 bits per heavy atom. The molecule has 0 aliphatic heterocycles. The van der Waals surface area contributed by atoms with Crippen LogP contribution in [0.25, 0.3) is 30.4 Å². The van der Waals surface area contributed by atoms with Crippen molar-refractivity contribution < 1.29 is 9.66 Å². The Kier molecular flexibility index (Phi) is 5.07. The first kappa shape index (κ1) is 18.4. The van der Waals surface area contributed by atoms with E-state index in [0.717, 1.165) is 23.4 Å². The smallest absolute Gasteiger partial charge is 0.276 e. The maximum Gasteiger partial charge on any atom is 0.276 e. The van der Waals surface area contributed by atoms with Crippen LogP contribution in [0, 0.1) is 10.1 Å². The van der Waals surface area contributed by atoms with Gasteiger partial charge in [-0.1, -0.05) is 36.4 Å². The van der Waals surface area contributed by atoms with Crippen LogP contribution in [0.5, 0.6) is 5.75 Å². The van der Waals surface area contributed by atoms with Crippen LogP contribution in [0.2, 0.25) is 0 Å². The van der Waals surface area contributed by atoms with E-state index in [1.165, 1.54) is 24.3 Å². The third-order valence-electron chi connectivity index (χ3n) is 4.74. The van der Waals surface area contributed by atoms with E-state index in [1.807, 2.05) is 18.2 Å². The molecule has 0 spiro atoms. The summed E-state index contributed by atoms with van der Waals surface area (Å²) in [6.07, 6.45) is 12.7. The van der Waals surface area contributed by atoms with E-state index in [1.54, 1.807) is 24.3 Å². The number of allylic oxidation sites excluding steroid dienone is 1. The second kappa shape index (κ2) is 7.98. The number of aromatic nitrogens is 2. The SMILES string of the molecule is COc1ccc([N+](=O)[O-])c(/C=C/c2cc(/C=C/c3ccc4c(c3)CC=C4)n[nH]2)c1. The van der Waals surface area contributed by atoms with Gasteiger partial charge in [-0.25, -0.2) is 0 Å². The van der Waals surface area contributed by atoms with Crippen molar-refractivity contribution in [2.45, 2.75) is 6.42 Å². The molecule has 0 fully saturated rings. The van der Waals surface area contributed by atoms with Crippen LogP contribution in [0.1, 0.15) is 33.6 Å². The highest BCUT2D eigenvalue weighted by atomic mass is 16.6. The number of methoxy groups -OCH3 is 1. The Balaban J connectivity index is 1.50. The maximum absolute atomic E-state index is 11.2. The minimum atomic E-state index is -0.410. The summed E-state index contributed by atoms with van der Waals surface area (Å²) in [6, 6.07) is 12.9. The Labute approximate surface area is 168 Å². The van der Waals surface area contributed by atoms with Crippen LogP contribution in [0.4, 0.5) is 5.69 Å². The number of hydrogen-bond acceptors (Lipinski definition) is 4. The number of fused-ring (bicyclic) bond motifs is 1. The molecule has 144 valence electrons. The van der Waals surface area contributed by atoms with Gasteiger partial charge in [-0.2, -0.15) is 5.10 Å². The molecule has 4 rings (SSSR count). The second-order valence-corrected chi connectivity index (χ2v) is 6.66. The number of nitro groups is 1. The predicted octanol–water partition coefficient (Wildman–Crippen LogP) is 5.24. The summed E-state index contributed by atoms with van der Waals surface area (Å²) in [6.45, 7) is 0. The molecule has 0 radical (unpaired) electrons. The summed E-state index contributed by atoms with van der Waals surface area (Å²) in [5.41, 5.74) is 5.75. The van der Waals surface area contributed by atoms with Gasteiger partial charge in [0.15, 0.2) is 0 Å². The van der Waals surface area contributed by atoms with Gasteiger partial charge in [0.05, 0.1) is 29.0 Å². The summed E-state index contributed by atoms with van der Waals surface area (Å²) in [4.78, 5) is 10.8. The number of hydrogen-bond donors (Lipinski definition) is 1. The fraction of sp³-hybridized carbons (Fsp3) is 0.0870. The molecular formula is C23H19N3O3. The van der Waals surface area contributed by atoms with Crippen LogP contribution in [-0.4, -0.2) is 22.2 Å². The lowest BCUT2D eigenvalue weighted by Gasteiger charge is -2.02. The summed E-state index contributed by atoms with van der Waals surface area (Å²) in [5, 5.41) is 18.4. The molecule has 1 heterocycles. The molecule has 2 aromatic carbocycles. The fourth-order valence-corrected chi connectivity index (χ4v) is 3.23. The Hall–Kier alpha value is -3.93. The summed E-state index contributed by atoms with van der Waals surface area (Å²) in [5.74, 6) is 0.563. The van der Waals surface area contributed by atoms with E-state index < -0.39 is 4.92 Å². The van der Waals surface area contributed by atoms with Crippen molar-refractivity contribution in [3.63, 3.8) is 0 Å². The number of aromatic amines is 1. The van der Waals surface area contributed by atoms with Crippen LogP contribution in [0.15, 0.2) is 48.5 Å². The highest BCUT2D eigenvalue weighted by molar-refractivity contribution is 5.76. The number of ether oxygens (including phenoxy) is 1. The summed E-state index contributed by atoms with van der Waals surface area (Å²) < 4.78 is 5.16. The molecule has 1 aromatic heterocycles. The van der Waals surface area contributed by atoms with Crippen molar-refractivity contribution in [2.24, 2.45) is 0 Å². The molecule has 0 unspecified atom stereocenters. The van der Waals surface area contributed by atoms with Gasteiger partial charge in [0.25, 0.3) is 5.69 Å². The Morgan fingerprint density at radius 1 is 1.10 bits per heavy atom. The summed E-state index contributed by atoms with van der Waals surface area (Å²) >= 11 is 0. The van der Waals surface area contributed by atoms with Gasteiger partial charge in [0.1, 0.15) is 5.75 Å². The molecule has 1 N–H and O–H groups in total. The van der Waals surface area contributed by atoms with Crippen LogP contribution in [0.3, 0.4) is 0 Å². The number of H-pyrrole nitrogens is 1. The van der Waals surface area contributed by atoms with E-state index >= 15 is 0 Å². The van der Waals surface area contributed by atoms with E-state index in [2.05, 4.69) is 40.5 Å². The minimum absolute atomic E-state index is 0.0211. The van der Waals surface area contributed by atoms with Gasteiger partial charge in [-0.05, 0) is 59.5 Å². The lowest BCUT2D eigenvalue weighted by Crippen LogP contribution is -1.92. The Bertz CT molecular complexity index is 1160. The molecule has 0 saturated carbocycles. The largest absolute Gasteiger partial charge is 0.497 e. The highest BCUT2D eigenvalue weighted by Gasteiger charge is 2.12. The number of nitro benzene ring substituents is 1. The monoisotopic (exact) mass is 385 g/mol. The van der Waals surface area contributed by atoms with Gasteiger partial charge in [0.2, 0.25) is 0 Å². The third kappa shape index (κ3) is 4.16. The molecule has 0 saturated heterocycles. The summed E-state index contributed by atoms with van der Waals surface area (Å²) in [7, 11) is 1.53. The van der Waals surface area contributed by atoms with Crippen LogP contribution >= 0.6 is 0 Å². The molecule has 0 amide bonds. The predicted molar refractivity (Wildman–Crippen MR) is 115 cm³/mol. The van der Waals surface area contributed by atoms with Gasteiger partial charge >= 0.3 is 0 Å². The fourth-order valence-electron chi connectivity index (χ4n) is 3.23. The zero-order valence-corrected chi connectivity index (χ0v) is 15.8. The molecule has 0 bridgehead atoms. The third-order valence-corrected chi connectivity index (χ3v) is 4.74. The quantitative estimate of drug-likeness (QED) is 0.465. The molecular weight excluding hydrogens is 366 g/mol. The van der Waals surface area contributed by atoms with Gasteiger partial charge in [-0.3, -0.25) is 15.2 Å². The van der Waals surface area contributed by atoms with Crippen molar-refractivity contribution >= 4 is 36.1 Å².